The van der Waals surface area contributed by atoms with Crippen LogP contribution in [-0.2, 0) is 36.9 Å². The van der Waals surface area contributed by atoms with Crippen LogP contribution >= 0.6 is 0 Å². The van der Waals surface area contributed by atoms with Gasteiger partial charge in [0.15, 0.2) is 0 Å². The van der Waals surface area contributed by atoms with E-state index in [4.69, 9.17) is 38.4 Å². The smallest absolute Gasteiger partial charge is 0.410 e. The van der Waals surface area contributed by atoms with Gasteiger partial charge in [-0.25, -0.2) is 9.18 Å². The number of carbonyl (C=O) groups excluding carboxylic acids is 1. The topological polar surface area (TPSA) is 138 Å². The van der Waals surface area contributed by atoms with Crippen molar-refractivity contribution in [1.29, 1.82) is 0 Å². The molecule has 380 valence electrons. The number of benzene rings is 5. The molecule has 2 heterocycles. The van der Waals surface area contributed by atoms with Crippen molar-refractivity contribution < 1.29 is 52.7 Å². The van der Waals surface area contributed by atoms with Crippen LogP contribution in [0.2, 0.25) is 0 Å². The van der Waals surface area contributed by atoms with E-state index in [1.165, 1.54) is 12.1 Å². The first-order valence-electron chi connectivity index (χ1n) is 25.7. The largest absolute Gasteiger partial charge is 0.459 e. The van der Waals surface area contributed by atoms with Gasteiger partial charge in [0.05, 0.1) is 38.1 Å². The second-order valence-corrected chi connectivity index (χ2v) is 19.2. The highest BCUT2D eigenvalue weighted by Gasteiger charge is 2.66. The van der Waals surface area contributed by atoms with E-state index in [9.17, 15) is 14.6 Å². The maximum absolute atomic E-state index is 15.1. The van der Waals surface area contributed by atoms with Gasteiger partial charge in [0, 0.05) is 44.1 Å². The van der Waals surface area contributed by atoms with Crippen LogP contribution in [0.3, 0.4) is 0 Å². The molecule has 0 spiro atoms. The van der Waals surface area contributed by atoms with Gasteiger partial charge in [-0.1, -0.05) is 103 Å². The summed E-state index contributed by atoms with van der Waals surface area (Å²) < 4.78 is 54.0. The number of oxime groups is 1. The lowest BCUT2D eigenvalue weighted by molar-refractivity contribution is -0.256. The van der Waals surface area contributed by atoms with E-state index in [1.54, 1.807) is 23.1 Å². The lowest BCUT2D eigenvalue weighted by atomic mass is 9.55. The maximum Gasteiger partial charge on any atom is 0.410 e. The average Bonchev–Trinajstić information content (AvgIpc) is 3.41. The van der Waals surface area contributed by atoms with Crippen LogP contribution < -0.4 is 9.47 Å². The lowest BCUT2D eigenvalue weighted by Gasteiger charge is -2.59. The number of ether oxygens (including phenoxy) is 6. The summed E-state index contributed by atoms with van der Waals surface area (Å²) in [6.07, 6.45) is 9.87. The third-order valence-electron chi connectivity index (χ3n) is 14.5. The molecule has 72 heavy (non-hydrogen) atoms. The summed E-state index contributed by atoms with van der Waals surface area (Å²) in [6, 6.07) is 35.1. The first-order valence-corrected chi connectivity index (χ1v) is 25.7. The van der Waals surface area contributed by atoms with E-state index in [1.807, 2.05) is 72.8 Å². The Balaban J connectivity index is 1.18. The molecule has 4 aliphatic rings. The maximum atomic E-state index is 15.1. The Morgan fingerprint density at radius 2 is 1.61 bits per heavy atom. The minimum atomic E-state index is -1.56. The number of halogens is 1. The number of amides is 1. The van der Waals surface area contributed by atoms with E-state index < -0.39 is 35.9 Å². The first kappa shape index (κ1) is 50.8. The van der Waals surface area contributed by atoms with E-state index in [-0.39, 0.29) is 63.8 Å². The van der Waals surface area contributed by atoms with Crippen molar-refractivity contribution >= 4 is 22.6 Å². The zero-order valence-corrected chi connectivity index (χ0v) is 41.0. The molecule has 2 N–H and O–H groups in total. The Kier molecular flexibility index (Phi) is 17.3. The summed E-state index contributed by atoms with van der Waals surface area (Å²) in [6.45, 7) is 5.33. The molecule has 1 saturated heterocycles. The molecule has 9 rings (SSSR count). The summed E-state index contributed by atoms with van der Waals surface area (Å²) in [4.78, 5) is 23.0. The second kappa shape index (κ2) is 24.6. The Morgan fingerprint density at radius 3 is 2.39 bits per heavy atom. The van der Waals surface area contributed by atoms with Crippen molar-refractivity contribution in [1.82, 2.24) is 4.90 Å². The third-order valence-corrected chi connectivity index (χ3v) is 14.5. The molecule has 1 saturated carbocycles. The average molecular weight is 983 g/mol. The van der Waals surface area contributed by atoms with Crippen LogP contribution in [-0.4, -0.2) is 84.7 Å². The molecular formula is C59H67FN2O10. The minimum absolute atomic E-state index is 0.0165. The molecule has 2 aliphatic carbocycles. The molecule has 5 aromatic carbocycles. The molecule has 13 heteroatoms. The minimum Gasteiger partial charge on any atom is -0.459 e. The normalized spacial score (nSPS) is 23.8. The van der Waals surface area contributed by atoms with Crippen molar-refractivity contribution in [3.8, 4) is 17.2 Å². The molecule has 7 atom stereocenters. The summed E-state index contributed by atoms with van der Waals surface area (Å²) >= 11 is 0. The molecular weight excluding hydrogens is 916 g/mol. The van der Waals surface area contributed by atoms with Gasteiger partial charge in [-0.05, 0) is 120 Å². The monoisotopic (exact) mass is 982 g/mol. The zero-order valence-electron chi connectivity index (χ0n) is 41.0. The van der Waals surface area contributed by atoms with Gasteiger partial charge in [0.1, 0.15) is 35.7 Å². The molecule has 2 fully saturated rings. The van der Waals surface area contributed by atoms with Crippen LogP contribution in [0.4, 0.5) is 9.18 Å². The van der Waals surface area contributed by atoms with Gasteiger partial charge in [-0.2, -0.15) is 0 Å². The van der Waals surface area contributed by atoms with Gasteiger partial charge < -0.3 is 43.5 Å². The van der Waals surface area contributed by atoms with Crippen LogP contribution in [0.15, 0.2) is 145 Å². The predicted molar refractivity (Wildman–Crippen MR) is 273 cm³/mol. The summed E-state index contributed by atoms with van der Waals surface area (Å²) in [5.74, 6) is -0.952. The fourth-order valence-corrected chi connectivity index (χ4v) is 11.1. The Hall–Kier alpha value is -6.09. The number of hydrogen-bond donors (Lipinski definition) is 2. The number of aliphatic hydroxyl groups is 2. The molecule has 1 amide bonds. The highest BCUT2D eigenvalue weighted by molar-refractivity contribution is 6.03. The first-order chi connectivity index (χ1) is 35.4. The fraction of sp³-hybridized carbons (Fsp3) is 0.424. The predicted octanol–water partition coefficient (Wildman–Crippen LogP) is 11.8. The Bertz CT molecular complexity index is 2640. The van der Waals surface area contributed by atoms with E-state index in [0.29, 0.717) is 61.0 Å². The summed E-state index contributed by atoms with van der Waals surface area (Å²) in [5.41, 5.74) is 4.09. The van der Waals surface area contributed by atoms with Crippen LogP contribution in [0, 0.1) is 23.6 Å². The Labute approximate surface area is 422 Å². The quantitative estimate of drug-likeness (QED) is 0.0370. The number of nitrogens with zero attached hydrogens (tertiary/aromatic N) is 2. The fourth-order valence-electron chi connectivity index (χ4n) is 11.1. The number of carbonyl (C=O) groups is 1. The van der Waals surface area contributed by atoms with E-state index in [2.05, 4.69) is 30.9 Å². The third kappa shape index (κ3) is 11.9. The molecule has 5 aromatic rings. The SMILES string of the molecule is C=CCO[C@@]12Oc3ccc(Oc4ccc5ccccc5c4)cc3[C@H]3[C@H](CCCCO)[C@@H](CCCCO)C=C(C(=NOC4CCCCO4)C[C@@H]1N(Cc1ccc(F)cc1)C(=O)OCCOCc1ccccc1)[C@H]32. The van der Waals surface area contributed by atoms with Crippen molar-refractivity contribution in [2.75, 3.05) is 39.6 Å². The summed E-state index contributed by atoms with van der Waals surface area (Å²) in [5, 5.41) is 27.3. The van der Waals surface area contributed by atoms with Gasteiger partial charge >= 0.3 is 6.09 Å². The number of hydrogen-bond acceptors (Lipinski definition) is 11. The number of allylic oxidation sites excluding steroid dienone is 1. The van der Waals surface area contributed by atoms with Gasteiger partial charge in [-0.15, -0.1) is 6.58 Å². The number of fused-ring (bicyclic) bond motifs is 3. The van der Waals surface area contributed by atoms with Crippen LogP contribution in [0.1, 0.15) is 86.8 Å². The molecule has 0 bridgehead atoms. The molecule has 1 unspecified atom stereocenters. The van der Waals surface area contributed by atoms with Crippen LogP contribution in [0.25, 0.3) is 10.8 Å². The highest BCUT2D eigenvalue weighted by Crippen LogP contribution is 2.62. The van der Waals surface area contributed by atoms with E-state index >= 15 is 4.79 Å². The van der Waals surface area contributed by atoms with Gasteiger partial charge in [0.2, 0.25) is 12.1 Å². The zero-order chi connectivity index (χ0) is 49.7. The standard InChI is InChI=1S/C59H67FN2O10/c1-2-31-69-59-54(62(39-41-21-24-46(60)25-22-41)58(65)68-34-33-66-40-42-14-4-3-5-15-42)38-52(61-72-55-20-10-13-32-67-55)50-36-45(18-8-11-29-63)49(19-9-12-30-64)56(57(50)59)51-37-48(27-28-53(51)71-59)70-47-26-23-43-16-6-7-17-44(43)35-47/h2-7,14-17,21-28,35-37,45,49,54-57,63-64H,1,8-13,18-20,29-34,38-40H2/t45-,49+,54-,55?,56+,57+,59+/m0/s1. The molecule has 0 aromatic heterocycles. The molecule has 12 nitrogen and oxygen atoms in total. The van der Waals surface area contributed by atoms with Crippen molar-refractivity contribution in [2.45, 2.75) is 101 Å². The van der Waals surface area contributed by atoms with E-state index in [0.717, 1.165) is 66.0 Å². The Morgan fingerprint density at radius 1 is 0.847 bits per heavy atom. The molecule has 2 aliphatic heterocycles. The number of rotatable bonds is 23. The number of unbranched alkanes of at least 4 members (excludes halogenated alkanes) is 2. The van der Waals surface area contributed by atoms with Gasteiger partial charge in [-0.3, -0.25) is 4.90 Å². The second-order valence-electron chi connectivity index (χ2n) is 19.2. The summed E-state index contributed by atoms with van der Waals surface area (Å²) in [7, 11) is 0. The highest BCUT2D eigenvalue weighted by atomic mass is 19.1. The molecule has 0 radical (unpaired) electrons. The van der Waals surface area contributed by atoms with Crippen molar-refractivity contribution in [3.05, 3.63) is 162 Å². The van der Waals surface area contributed by atoms with Crippen LogP contribution in [0.5, 0.6) is 17.2 Å². The van der Waals surface area contributed by atoms with Crippen molar-refractivity contribution in [3.63, 3.8) is 0 Å². The van der Waals surface area contributed by atoms with Crippen molar-refractivity contribution in [2.24, 2.45) is 22.9 Å². The van der Waals surface area contributed by atoms with Gasteiger partial charge in [0.25, 0.3) is 0 Å². The number of aliphatic hydroxyl groups excluding tert-OH is 2. The lowest BCUT2D eigenvalue weighted by Crippen LogP contribution is -2.70.